The second kappa shape index (κ2) is 6.06. The van der Waals surface area contributed by atoms with Gasteiger partial charge in [-0.1, -0.05) is 12.1 Å². The van der Waals surface area contributed by atoms with E-state index in [4.69, 9.17) is 10.00 Å². The predicted octanol–water partition coefficient (Wildman–Crippen LogP) is 2.46. The number of hydrogen-bond acceptors (Lipinski definition) is 4. The largest absolute Gasteiger partial charge is 0.456 e. The highest BCUT2D eigenvalue weighted by Crippen LogP contribution is 2.12. The van der Waals surface area contributed by atoms with E-state index in [-0.39, 0.29) is 12.4 Å². The summed E-state index contributed by atoms with van der Waals surface area (Å²) < 4.78 is 6.77. The van der Waals surface area contributed by atoms with E-state index < -0.39 is 5.97 Å². The van der Waals surface area contributed by atoms with Crippen molar-refractivity contribution in [1.82, 2.24) is 4.57 Å². The SMILES string of the molecule is CC(=O)c1cc(C(=O)OCc2cccc(C#N)c2)n(C)c1. The van der Waals surface area contributed by atoms with Crippen LogP contribution in [0.1, 0.15) is 38.9 Å². The van der Waals surface area contributed by atoms with Gasteiger partial charge in [0.2, 0.25) is 0 Å². The molecule has 0 spiro atoms. The van der Waals surface area contributed by atoms with Gasteiger partial charge in [0.15, 0.2) is 5.78 Å². The highest BCUT2D eigenvalue weighted by Gasteiger charge is 2.15. The van der Waals surface area contributed by atoms with Crippen molar-refractivity contribution in [2.75, 3.05) is 0 Å². The smallest absolute Gasteiger partial charge is 0.355 e. The lowest BCUT2D eigenvalue weighted by atomic mass is 10.1. The molecular formula is C16H14N2O3. The average molecular weight is 282 g/mol. The topological polar surface area (TPSA) is 72.1 Å². The number of carbonyl (C=O) groups excluding carboxylic acids is 2. The Kier molecular flexibility index (Phi) is 4.19. The van der Waals surface area contributed by atoms with E-state index in [2.05, 4.69) is 0 Å². The fourth-order valence-electron chi connectivity index (χ4n) is 1.91. The van der Waals surface area contributed by atoms with Crippen LogP contribution in [0.15, 0.2) is 36.5 Å². The van der Waals surface area contributed by atoms with Gasteiger partial charge in [0.25, 0.3) is 0 Å². The maximum atomic E-state index is 12.0. The van der Waals surface area contributed by atoms with Crippen molar-refractivity contribution in [3.05, 3.63) is 58.9 Å². The normalized spacial score (nSPS) is 9.95. The third kappa shape index (κ3) is 3.37. The first-order valence-electron chi connectivity index (χ1n) is 6.34. The second-order valence-electron chi connectivity index (χ2n) is 4.67. The summed E-state index contributed by atoms with van der Waals surface area (Å²) in [5.41, 5.74) is 2.04. The Morgan fingerprint density at radius 3 is 2.71 bits per heavy atom. The van der Waals surface area contributed by atoms with E-state index in [1.54, 1.807) is 42.1 Å². The zero-order valence-electron chi connectivity index (χ0n) is 11.8. The summed E-state index contributed by atoms with van der Waals surface area (Å²) in [5, 5.41) is 8.82. The van der Waals surface area contributed by atoms with Crippen LogP contribution in [0.2, 0.25) is 0 Å². The molecule has 1 aromatic heterocycles. The van der Waals surface area contributed by atoms with E-state index >= 15 is 0 Å². The van der Waals surface area contributed by atoms with Crippen molar-refractivity contribution < 1.29 is 14.3 Å². The van der Waals surface area contributed by atoms with Crippen LogP contribution in [-0.2, 0) is 18.4 Å². The van der Waals surface area contributed by atoms with Crippen molar-refractivity contribution in [2.45, 2.75) is 13.5 Å². The minimum Gasteiger partial charge on any atom is -0.456 e. The van der Waals surface area contributed by atoms with Crippen molar-refractivity contribution in [1.29, 1.82) is 5.26 Å². The molecule has 0 radical (unpaired) electrons. The highest BCUT2D eigenvalue weighted by molar-refractivity contribution is 5.97. The monoisotopic (exact) mass is 282 g/mol. The Hall–Kier alpha value is -2.87. The van der Waals surface area contributed by atoms with Crippen LogP contribution in [0.3, 0.4) is 0 Å². The minimum absolute atomic E-state index is 0.0783. The van der Waals surface area contributed by atoms with Crippen LogP contribution in [0, 0.1) is 11.3 Å². The molecule has 0 amide bonds. The van der Waals surface area contributed by atoms with Gasteiger partial charge in [-0.3, -0.25) is 4.79 Å². The molecule has 5 nitrogen and oxygen atoms in total. The first-order valence-corrected chi connectivity index (χ1v) is 6.34. The molecule has 0 bridgehead atoms. The molecule has 5 heteroatoms. The van der Waals surface area contributed by atoms with E-state index in [0.717, 1.165) is 5.56 Å². The molecule has 0 fully saturated rings. The molecule has 0 aliphatic rings. The third-order valence-electron chi connectivity index (χ3n) is 3.05. The van der Waals surface area contributed by atoms with Gasteiger partial charge < -0.3 is 9.30 Å². The van der Waals surface area contributed by atoms with Crippen LogP contribution >= 0.6 is 0 Å². The van der Waals surface area contributed by atoms with Gasteiger partial charge in [0.1, 0.15) is 12.3 Å². The van der Waals surface area contributed by atoms with Crippen molar-refractivity contribution in [3.63, 3.8) is 0 Å². The molecule has 0 atom stereocenters. The lowest BCUT2D eigenvalue weighted by Gasteiger charge is -2.05. The Balaban J connectivity index is 2.08. The summed E-state index contributed by atoms with van der Waals surface area (Å²) in [6, 6.07) is 10.4. The van der Waals surface area contributed by atoms with Crippen molar-refractivity contribution in [3.8, 4) is 6.07 Å². The number of rotatable bonds is 4. The Morgan fingerprint density at radius 1 is 1.33 bits per heavy atom. The fraction of sp³-hybridized carbons (Fsp3) is 0.188. The number of aromatic nitrogens is 1. The van der Waals surface area contributed by atoms with Gasteiger partial charge in [-0.25, -0.2) is 4.79 Å². The van der Waals surface area contributed by atoms with Crippen LogP contribution in [-0.4, -0.2) is 16.3 Å². The van der Waals surface area contributed by atoms with Gasteiger partial charge in [0, 0.05) is 18.8 Å². The number of hydrogen-bond donors (Lipinski definition) is 0. The Morgan fingerprint density at radius 2 is 2.10 bits per heavy atom. The second-order valence-corrected chi connectivity index (χ2v) is 4.67. The zero-order valence-corrected chi connectivity index (χ0v) is 11.8. The van der Waals surface area contributed by atoms with Crippen LogP contribution in [0.4, 0.5) is 0 Å². The van der Waals surface area contributed by atoms with Gasteiger partial charge in [-0.05, 0) is 30.7 Å². The van der Waals surface area contributed by atoms with Crippen LogP contribution < -0.4 is 0 Å². The van der Waals surface area contributed by atoms with E-state index in [9.17, 15) is 9.59 Å². The molecule has 2 rings (SSSR count). The lowest BCUT2D eigenvalue weighted by molar-refractivity contribution is 0.0461. The zero-order chi connectivity index (χ0) is 15.4. The molecule has 0 aliphatic carbocycles. The van der Waals surface area contributed by atoms with Crippen LogP contribution in [0.5, 0.6) is 0 Å². The Bertz CT molecular complexity index is 738. The first-order chi connectivity index (χ1) is 10.0. The van der Waals surface area contributed by atoms with Gasteiger partial charge in [-0.15, -0.1) is 0 Å². The molecule has 0 saturated carbocycles. The number of Topliss-reactive ketones (excluding diaryl/α,β-unsaturated/α-hetero) is 1. The van der Waals surface area contributed by atoms with Crippen LogP contribution in [0.25, 0.3) is 0 Å². The number of benzene rings is 1. The summed E-state index contributed by atoms with van der Waals surface area (Å²) in [6.45, 7) is 1.52. The summed E-state index contributed by atoms with van der Waals surface area (Å²) in [4.78, 5) is 23.3. The quantitative estimate of drug-likeness (QED) is 0.638. The van der Waals surface area contributed by atoms with Gasteiger partial charge >= 0.3 is 5.97 Å². The number of aryl methyl sites for hydroxylation is 1. The number of esters is 1. The molecule has 1 heterocycles. The lowest BCUT2D eigenvalue weighted by Crippen LogP contribution is -2.09. The summed E-state index contributed by atoms with van der Waals surface area (Å²) >= 11 is 0. The minimum atomic E-state index is -0.507. The number of nitrogens with zero attached hydrogens (tertiary/aromatic N) is 2. The third-order valence-corrected chi connectivity index (χ3v) is 3.05. The van der Waals surface area contributed by atoms with Gasteiger partial charge in [-0.2, -0.15) is 5.26 Å². The van der Waals surface area contributed by atoms with E-state index in [0.29, 0.717) is 16.8 Å². The molecule has 0 saturated heterocycles. The first kappa shape index (κ1) is 14.5. The van der Waals surface area contributed by atoms with Crippen molar-refractivity contribution in [2.24, 2.45) is 7.05 Å². The highest BCUT2D eigenvalue weighted by atomic mass is 16.5. The summed E-state index contributed by atoms with van der Waals surface area (Å²) in [5.74, 6) is -0.612. The number of carbonyl (C=O) groups is 2. The molecule has 21 heavy (non-hydrogen) atoms. The maximum absolute atomic E-state index is 12.0. The van der Waals surface area contributed by atoms with E-state index in [1.807, 2.05) is 6.07 Å². The van der Waals surface area contributed by atoms with Crippen molar-refractivity contribution >= 4 is 11.8 Å². The maximum Gasteiger partial charge on any atom is 0.355 e. The Labute approximate surface area is 122 Å². The standard InChI is InChI=1S/C16H14N2O3/c1-11(19)14-7-15(18(2)9-14)16(20)21-10-13-5-3-4-12(6-13)8-17/h3-7,9H,10H2,1-2H3. The predicted molar refractivity (Wildman–Crippen MR) is 75.7 cm³/mol. The number of ether oxygens (including phenoxy) is 1. The molecule has 0 N–H and O–H groups in total. The number of nitriles is 1. The molecule has 2 aromatic rings. The molecule has 106 valence electrons. The number of ketones is 1. The molecular weight excluding hydrogens is 268 g/mol. The summed E-state index contributed by atoms with van der Waals surface area (Å²) in [6.07, 6.45) is 1.59. The molecule has 0 unspecified atom stereocenters. The summed E-state index contributed by atoms with van der Waals surface area (Å²) in [7, 11) is 1.68. The average Bonchev–Trinajstić information content (AvgIpc) is 2.87. The van der Waals surface area contributed by atoms with E-state index in [1.165, 1.54) is 13.0 Å². The molecule has 0 aliphatic heterocycles. The fourth-order valence-corrected chi connectivity index (χ4v) is 1.91. The van der Waals surface area contributed by atoms with Gasteiger partial charge in [0.05, 0.1) is 11.6 Å². The molecule has 1 aromatic carbocycles.